The van der Waals surface area contributed by atoms with E-state index in [2.05, 4.69) is 0 Å². The summed E-state index contributed by atoms with van der Waals surface area (Å²) in [6.07, 6.45) is -35.4. The summed E-state index contributed by atoms with van der Waals surface area (Å²) in [5.41, 5.74) is -19.2. The maximum absolute atomic E-state index is 16.1. The Bertz CT molecular complexity index is 2650. The molecule has 0 saturated heterocycles. The highest BCUT2D eigenvalue weighted by atomic mass is 19.4. The van der Waals surface area contributed by atoms with Crippen molar-refractivity contribution >= 4 is 7.32 Å². The second kappa shape index (κ2) is 33.1. The SMILES string of the molecule is CCCCCCCCC[N+](CCCCCCCCC)(C(CC)OCC)C(CC)(OCC)c1c(OB(Oc2cc(C(F)(F)F)cc(C(F)(F)F)c2)Oc2cc(C(F)(F)F)cc(C(F)(F)F)c2)cc(C(F)(F)F)cc1C(F)(F)F.FC(F)(F)c1c[c-]cc(C(F)(F)F)c1. The topological polar surface area (TPSA) is 46.2 Å². The van der Waals surface area contributed by atoms with Crippen molar-refractivity contribution in [3.8, 4) is 17.2 Å². The fourth-order valence-corrected chi connectivity index (χ4v) is 10.4. The molecule has 0 aromatic heterocycles. The van der Waals surface area contributed by atoms with Crippen molar-refractivity contribution in [1.82, 2.24) is 0 Å². The zero-order chi connectivity index (χ0) is 69.2. The molecule has 31 heteroatoms. The van der Waals surface area contributed by atoms with E-state index in [0.29, 0.717) is 37.8 Å². The molecule has 0 fully saturated rings. The minimum atomic E-state index is -5.81. The van der Waals surface area contributed by atoms with Gasteiger partial charge in [0.25, 0.3) is 0 Å². The van der Waals surface area contributed by atoms with Gasteiger partial charge in [-0.05, 0) is 88.1 Å². The molecule has 0 aliphatic rings. The molecule has 91 heavy (non-hydrogen) atoms. The number of alkyl halides is 24. The van der Waals surface area contributed by atoms with Gasteiger partial charge in [-0.1, -0.05) is 103 Å². The first kappa shape index (κ1) is 79.8. The zero-order valence-corrected chi connectivity index (χ0v) is 50.2. The summed E-state index contributed by atoms with van der Waals surface area (Å²) in [6.45, 7) is 9.30. The van der Waals surface area contributed by atoms with Gasteiger partial charge in [-0.3, -0.25) is 4.48 Å². The zero-order valence-electron chi connectivity index (χ0n) is 50.2. The Morgan fingerprint density at radius 1 is 0.385 bits per heavy atom. The number of halogens is 24. The van der Waals surface area contributed by atoms with Gasteiger partial charge >= 0.3 is 56.7 Å². The Kier molecular flexibility index (Phi) is 29.0. The summed E-state index contributed by atoms with van der Waals surface area (Å²) in [5.74, 6) is -4.80. The summed E-state index contributed by atoms with van der Waals surface area (Å²) < 4.78 is 364. The third-order valence-corrected chi connectivity index (χ3v) is 14.5. The fraction of sp³-hybridized carbons (Fsp3) is 0.600. The predicted octanol–water partition coefficient (Wildman–Crippen LogP) is 22.5. The highest BCUT2D eigenvalue weighted by molar-refractivity contribution is 6.39. The number of benzene rings is 4. The summed E-state index contributed by atoms with van der Waals surface area (Å²) in [4.78, 5) is 0. The van der Waals surface area contributed by atoms with Gasteiger partial charge in [0.2, 0.25) is 5.72 Å². The Morgan fingerprint density at radius 2 is 0.725 bits per heavy atom. The number of ether oxygens (including phenoxy) is 2. The Hall–Kier alpha value is -5.46. The molecule has 4 aromatic carbocycles. The van der Waals surface area contributed by atoms with E-state index in [-0.39, 0.29) is 81.4 Å². The molecule has 2 unspecified atom stereocenters. The van der Waals surface area contributed by atoms with E-state index >= 15 is 26.3 Å². The highest BCUT2D eigenvalue weighted by Gasteiger charge is 2.61. The van der Waals surface area contributed by atoms with Crippen molar-refractivity contribution in [3.63, 3.8) is 0 Å². The molecule has 4 rings (SSSR count). The van der Waals surface area contributed by atoms with Gasteiger partial charge < -0.3 is 23.4 Å². The lowest BCUT2D eigenvalue weighted by Crippen LogP contribution is -2.70. The molecule has 0 heterocycles. The molecule has 0 spiro atoms. The van der Waals surface area contributed by atoms with Crippen molar-refractivity contribution in [3.05, 3.63) is 123 Å². The molecule has 0 N–H and O–H groups in total. The van der Waals surface area contributed by atoms with Crippen LogP contribution in [-0.2, 0) is 64.6 Å². The average Bonchev–Trinajstić information content (AvgIpc) is 0.713. The Balaban J connectivity index is 0.00000135. The maximum atomic E-state index is 16.1. The van der Waals surface area contributed by atoms with Gasteiger partial charge in [0.05, 0.1) is 65.2 Å². The van der Waals surface area contributed by atoms with Crippen molar-refractivity contribution < 1.29 is 133 Å². The van der Waals surface area contributed by atoms with Crippen LogP contribution in [0, 0.1) is 6.07 Å². The number of unbranched alkanes of at least 4 members (excludes halogenated alkanes) is 12. The van der Waals surface area contributed by atoms with Crippen molar-refractivity contribution in [2.24, 2.45) is 0 Å². The normalized spacial score (nSPS) is 14.2. The van der Waals surface area contributed by atoms with Crippen LogP contribution in [0.4, 0.5) is 105 Å². The maximum Gasteiger partial charge on any atom is 0.864 e. The Morgan fingerprint density at radius 3 is 1.03 bits per heavy atom. The van der Waals surface area contributed by atoms with Crippen molar-refractivity contribution in [2.45, 2.75) is 206 Å². The third kappa shape index (κ3) is 23.2. The van der Waals surface area contributed by atoms with Crippen LogP contribution in [0.15, 0.2) is 66.7 Å². The molecule has 2 atom stereocenters. The van der Waals surface area contributed by atoms with E-state index in [0.717, 1.165) is 51.4 Å². The molecular weight excluding hydrogens is 1280 g/mol. The smallest absolute Gasteiger partial charge is 0.490 e. The first-order valence-electron chi connectivity index (χ1n) is 29.1. The molecule has 4 aromatic rings. The molecular formula is C60H70BF24NO5. The molecule has 0 radical (unpaired) electrons. The van der Waals surface area contributed by atoms with Crippen LogP contribution in [0.5, 0.6) is 17.2 Å². The molecule has 0 amide bonds. The van der Waals surface area contributed by atoms with Gasteiger partial charge in [0.1, 0.15) is 17.2 Å². The van der Waals surface area contributed by atoms with Crippen LogP contribution in [0.25, 0.3) is 0 Å². The second-order valence-corrected chi connectivity index (χ2v) is 21.1. The van der Waals surface area contributed by atoms with Gasteiger partial charge in [-0.25, -0.2) is 0 Å². The molecule has 0 saturated carbocycles. The van der Waals surface area contributed by atoms with E-state index in [1.165, 1.54) is 13.8 Å². The largest absolute Gasteiger partial charge is 0.864 e. The van der Waals surface area contributed by atoms with Gasteiger partial charge in [-0.2, -0.15) is 124 Å². The summed E-state index contributed by atoms with van der Waals surface area (Å²) in [6, 6.07) is 1.12. The van der Waals surface area contributed by atoms with E-state index in [4.69, 9.17) is 23.4 Å². The first-order valence-corrected chi connectivity index (χ1v) is 29.1. The third-order valence-electron chi connectivity index (χ3n) is 14.5. The number of quaternary nitrogens is 1. The summed E-state index contributed by atoms with van der Waals surface area (Å²) in [7, 11) is -3.38. The molecule has 0 aliphatic heterocycles. The molecule has 516 valence electrons. The first-order chi connectivity index (χ1) is 41.9. The lowest BCUT2D eigenvalue weighted by atomic mass is 9.85. The number of hydrogen-bond acceptors (Lipinski definition) is 5. The summed E-state index contributed by atoms with van der Waals surface area (Å²) in [5, 5.41) is 0. The lowest BCUT2D eigenvalue weighted by molar-refractivity contribution is -1.05. The highest BCUT2D eigenvalue weighted by Crippen LogP contribution is 2.54. The summed E-state index contributed by atoms with van der Waals surface area (Å²) >= 11 is 0. The van der Waals surface area contributed by atoms with Crippen molar-refractivity contribution in [1.29, 1.82) is 0 Å². The van der Waals surface area contributed by atoms with Gasteiger partial charge in [0.15, 0.2) is 6.23 Å². The second-order valence-electron chi connectivity index (χ2n) is 21.1. The van der Waals surface area contributed by atoms with Gasteiger partial charge in [0, 0.05) is 12.8 Å². The van der Waals surface area contributed by atoms with Crippen LogP contribution in [0.3, 0.4) is 0 Å². The van der Waals surface area contributed by atoms with E-state index in [9.17, 15) is 79.0 Å². The van der Waals surface area contributed by atoms with Crippen LogP contribution in [0.2, 0.25) is 0 Å². The number of rotatable bonds is 31. The number of hydrogen-bond donors (Lipinski definition) is 0. The van der Waals surface area contributed by atoms with E-state index in [1.807, 2.05) is 13.8 Å². The van der Waals surface area contributed by atoms with Crippen LogP contribution in [-0.4, -0.2) is 44.3 Å². The van der Waals surface area contributed by atoms with E-state index < -0.39 is 166 Å². The lowest BCUT2D eigenvalue weighted by Gasteiger charge is -2.56. The fourth-order valence-electron chi connectivity index (χ4n) is 10.4. The predicted molar refractivity (Wildman–Crippen MR) is 288 cm³/mol. The minimum absolute atomic E-state index is 0.0218. The molecule has 0 bridgehead atoms. The van der Waals surface area contributed by atoms with Gasteiger partial charge in [-0.15, -0.1) is 6.07 Å². The number of nitrogens with zero attached hydrogens (tertiary/aromatic N) is 1. The molecule has 0 aliphatic carbocycles. The quantitative estimate of drug-likeness (QED) is 0.0125. The van der Waals surface area contributed by atoms with E-state index in [1.54, 1.807) is 19.9 Å². The van der Waals surface area contributed by atoms with Crippen LogP contribution >= 0.6 is 0 Å². The van der Waals surface area contributed by atoms with Crippen LogP contribution < -0.4 is 14.0 Å². The Labute approximate surface area is 511 Å². The molecule has 6 nitrogen and oxygen atoms in total. The standard InChI is InChI=1S/C52H67BF18NO5.C8H3F6/c1-7-13-15-17-19-21-23-25-72(44(9-3)73-11-5,26-24-22-20-18-16-14-8-2)46(10-4,74-12-6)45-42(52(69,70)71)33-39(51(66,67)68)34-43(45)77-53(75-40-29-35(47(54,55)56)27-36(30-40)48(57,58)59)76-41-31-37(49(60,61)62)28-38(32-41)50(63,64)65;9-7(10,11)5-2-1-3-6(4-5)8(12,13)14/h27-34,44H,7-26H2,1-6H3;2-4H/q+1;-1. The van der Waals surface area contributed by atoms with Crippen LogP contribution in [0.1, 0.15) is 194 Å². The monoisotopic (exact) mass is 1350 g/mol. The average molecular weight is 1350 g/mol. The minimum Gasteiger partial charge on any atom is -0.490 e. The van der Waals surface area contributed by atoms with Crippen molar-refractivity contribution in [2.75, 3.05) is 26.3 Å².